The molecule has 0 unspecified atom stereocenters. The third kappa shape index (κ3) is 6.21. The Labute approximate surface area is 259 Å². The van der Waals surface area contributed by atoms with Gasteiger partial charge in [0.2, 0.25) is 0 Å². The molecule has 41 heavy (non-hydrogen) atoms. The first kappa shape index (κ1) is 29.3. The second-order valence-corrected chi connectivity index (χ2v) is 12.1. The standard InChI is InChI=1S/C31H25BrCl2N2O4S/c1-4-39-30(38)27-18(3)35-31-36(28(27)21-9-5-17(2)6-10-21)29(37)26(41-31)15-19-8-12-25(22(32)13-19)40-16-20-7-11-23(33)24(34)14-20/h5-15,28H,4,16H2,1-3H3/b26-15+/t28-/m1/s1. The highest BCUT2D eigenvalue weighted by molar-refractivity contribution is 9.10. The summed E-state index contributed by atoms with van der Waals surface area (Å²) in [6.45, 7) is 6.06. The van der Waals surface area contributed by atoms with Crippen molar-refractivity contribution >= 4 is 62.5 Å². The number of rotatable bonds is 7. The average molecular weight is 672 g/mol. The molecule has 0 spiro atoms. The molecule has 210 valence electrons. The van der Waals surface area contributed by atoms with E-state index in [1.807, 2.05) is 61.5 Å². The van der Waals surface area contributed by atoms with Gasteiger partial charge in [0, 0.05) is 0 Å². The minimum Gasteiger partial charge on any atom is -0.488 e. The van der Waals surface area contributed by atoms with E-state index in [2.05, 4.69) is 20.9 Å². The van der Waals surface area contributed by atoms with Crippen molar-refractivity contribution in [3.8, 4) is 5.75 Å². The second kappa shape index (κ2) is 12.4. The summed E-state index contributed by atoms with van der Waals surface area (Å²) < 4.78 is 14.1. The lowest BCUT2D eigenvalue weighted by Gasteiger charge is -2.24. The molecule has 3 aromatic carbocycles. The lowest BCUT2D eigenvalue weighted by atomic mass is 9.95. The van der Waals surface area contributed by atoms with Gasteiger partial charge in [-0.1, -0.05) is 76.5 Å². The molecule has 0 saturated heterocycles. The zero-order valence-electron chi connectivity index (χ0n) is 22.4. The van der Waals surface area contributed by atoms with Gasteiger partial charge in [0.25, 0.3) is 5.56 Å². The fourth-order valence-electron chi connectivity index (χ4n) is 4.52. The van der Waals surface area contributed by atoms with E-state index in [1.165, 1.54) is 11.3 Å². The molecule has 1 aromatic heterocycles. The molecule has 5 rings (SSSR count). The van der Waals surface area contributed by atoms with Crippen LogP contribution in [0.4, 0.5) is 0 Å². The van der Waals surface area contributed by atoms with E-state index in [0.717, 1.165) is 26.7 Å². The van der Waals surface area contributed by atoms with Crippen LogP contribution in [0.1, 0.15) is 42.1 Å². The first-order valence-electron chi connectivity index (χ1n) is 12.8. The molecule has 0 fully saturated rings. The Morgan fingerprint density at radius 2 is 1.83 bits per heavy atom. The quantitative estimate of drug-likeness (QED) is 0.204. The molecule has 4 aromatic rings. The molecular weight excluding hydrogens is 647 g/mol. The van der Waals surface area contributed by atoms with Gasteiger partial charge in [-0.3, -0.25) is 9.36 Å². The van der Waals surface area contributed by atoms with Crippen LogP contribution in [0.5, 0.6) is 5.75 Å². The molecule has 0 bridgehead atoms. The number of fused-ring (bicyclic) bond motifs is 1. The smallest absolute Gasteiger partial charge is 0.338 e. The van der Waals surface area contributed by atoms with Crippen LogP contribution in [-0.4, -0.2) is 17.1 Å². The third-order valence-corrected chi connectivity index (χ3v) is 8.88. The van der Waals surface area contributed by atoms with Crippen LogP contribution in [0.2, 0.25) is 10.0 Å². The largest absolute Gasteiger partial charge is 0.488 e. The van der Waals surface area contributed by atoms with Crippen molar-refractivity contribution in [2.24, 2.45) is 4.99 Å². The minimum atomic E-state index is -0.642. The molecule has 2 heterocycles. The molecule has 0 radical (unpaired) electrons. The molecule has 1 aliphatic heterocycles. The molecule has 1 atom stereocenters. The zero-order chi connectivity index (χ0) is 29.3. The monoisotopic (exact) mass is 670 g/mol. The van der Waals surface area contributed by atoms with Crippen LogP contribution in [-0.2, 0) is 16.1 Å². The van der Waals surface area contributed by atoms with E-state index < -0.39 is 12.0 Å². The summed E-state index contributed by atoms with van der Waals surface area (Å²) in [5.74, 6) is 0.165. The van der Waals surface area contributed by atoms with Gasteiger partial charge in [-0.25, -0.2) is 9.79 Å². The summed E-state index contributed by atoms with van der Waals surface area (Å²) >= 11 is 17.0. The topological polar surface area (TPSA) is 69.9 Å². The van der Waals surface area contributed by atoms with Crippen molar-refractivity contribution in [3.63, 3.8) is 0 Å². The Balaban J connectivity index is 1.50. The SMILES string of the molecule is CCOC(=O)C1=C(C)N=c2s/c(=C/c3ccc(OCc4ccc(Cl)c(Cl)c4)c(Br)c3)c(=O)n2[C@@H]1c1ccc(C)cc1. The van der Waals surface area contributed by atoms with E-state index in [0.29, 0.717) is 43.0 Å². The van der Waals surface area contributed by atoms with Crippen LogP contribution in [0.15, 0.2) is 86.2 Å². The van der Waals surface area contributed by atoms with E-state index in [1.54, 1.807) is 30.5 Å². The predicted molar refractivity (Wildman–Crippen MR) is 167 cm³/mol. The highest BCUT2D eigenvalue weighted by Gasteiger charge is 2.33. The summed E-state index contributed by atoms with van der Waals surface area (Å²) in [5, 5.41) is 0.960. The zero-order valence-corrected chi connectivity index (χ0v) is 26.3. The van der Waals surface area contributed by atoms with Crippen LogP contribution in [0.3, 0.4) is 0 Å². The molecule has 1 aliphatic rings. The van der Waals surface area contributed by atoms with Crippen molar-refractivity contribution in [2.75, 3.05) is 6.61 Å². The van der Waals surface area contributed by atoms with Gasteiger partial charge in [-0.15, -0.1) is 0 Å². The molecule has 0 aliphatic carbocycles. The Kier molecular flexibility index (Phi) is 8.85. The Morgan fingerprint density at radius 1 is 1.07 bits per heavy atom. The van der Waals surface area contributed by atoms with Crippen LogP contribution in [0.25, 0.3) is 6.08 Å². The minimum absolute atomic E-state index is 0.225. The number of ether oxygens (including phenoxy) is 2. The van der Waals surface area contributed by atoms with Gasteiger partial charge in [0.15, 0.2) is 4.80 Å². The van der Waals surface area contributed by atoms with Crippen molar-refractivity contribution in [3.05, 3.63) is 128 Å². The second-order valence-electron chi connectivity index (χ2n) is 9.44. The fraction of sp³-hybridized carbons (Fsp3) is 0.194. The molecule has 10 heteroatoms. The van der Waals surface area contributed by atoms with Gasteiger partial charge in [-0.05, 0) is 83.7 Å². The van der Waals surface area contributed by atoms with Crippen molar-refractivity contribution in [2.45, 2.75) is 33.4 Å². The molecule has 6 nitrogen and oxygen atoms in total. The highest BCUT2D eigenvalue weighted by atomic mass is 79.9. The number of halogens is 3. The fourth-order valence-corrected chi connectivity index (χ4v) is 6.40. The number of aromatic nitrogens is 1. The lowest BCUT2D eigenvalue weighted by Crippen LogP contribution is -2.39. The number of aryl methyl sites for hydroxylation is 1. The summed E-state index contributed by atoms with van der Waals surface area (Å²) in [6, 6.07) is 18.1. The van der Waals surface area contributed by atoms with E-state index in [4.69, 9.17) is 32.7 Å². The average Bonchev–Trinajstić information content (AvgIpc) is 3.24. The Hall–Kier alpha value is -3.17. The molecule has 0 saturated carbocycles. The Morgan fingerprint density at radius 3 is 2.51 bits per heavy atom. The predicted octanol–water partition coefficient (Wildman–Crippen LogP) is 6.76. The Bertz CT molecular complexity index is 1860. The summed E-state index contributed by atoms with van der Waals surface area (Å²) in [4.78, 5) is 32.0. The summed E-state index contributed by atoms with van der Waals surface area (Å²) in [7, 11) is 0. The number of thiazole rings is 1. The number of carbonyl (C=O) groups excluding carboxylic acids is 1. The number of carbonyl (C=O) groups is 1. The molecular formula is C31H25BrCl2N2O4S. The summed E-state index contributed by atoms with van der Waals surface area (Å²) in [5.41, 5.74) is 4.24. The van der Waals surface area contributed by atoms with E-state index in [-0.39, 0.29) is 12.2 Å². The van der Waals surface area contributed by atoms with Crippen molar-refractivity contribution in [1.29, 1.82) is 0 Å². The number of allylic oxidation sites excluding steroid dienone is 1. The van der Waals surface area contributed by atoms with Gasteiger partial charge in [0.05, 0.1) is 43.0 Å². The third-order valence-electron chi connectivity index (χ3n) is 6.54. The van der Waals surface area contributed by atoms with Crippen molar-refractivity contribution in [1.82, 2.24) is 4.57 Å². The van der Waals surface area contributed by atoms with E-state index in [9.17, 15) is 9.59 Å². The first-order chi connectivity index (χ1) is 19.7. The van der Waals surface area contributed by atoms with Crippen LogP contribution in [0, 0.1) is 6.92 Å². The number of hydrogen-bond acceptors (Lipinski definition) is 6. The maximum atomic E-state index is 13.8. The maximum absolute atomic E-state index is 13.8. The normalized spacial score (nSPS) is 15.0. The van der Waals surface area contributed by atoms with Gasteiger partial charge in [0.1, 0.15) is 12.4 Å². The van der Waals surface area contributed by atoms with Crippen LogP contribution >= 0.6 is 50.5 Å². The highest BCUT2D eigenvalue weighted by Crippen LogP contribution is 2.31. The van der Waals surface area contributed by atoms with E-state index >= 15 is 0 Å². The van der Waals surface area contributed by atoms with Gasteiger partial charge >= 0.3 is 5.97 Å². The first-order valence-corrected chi connectivity index (χ1v) is 15.1. The number of benzene rings is 3. The maximum Gasteiger partial charge on any atom is 0.338 e. The van der Waals surface area contributed by atoms with Gasteiger partial charge in [-0.2, -0.15) is 0 Å². The number of nitrogens with zero attached hydrogens (tertiary/aromatic N) is 2. The van der Waals surface area contributed by atoms with Gasteiger partial charge < -0.3 is 9.47 Å². The molecule has 0 amide bonds. The lowest BCUT2D eigenvalue weighted by molar-refractivity contribution is -0.139. The van der Waals surface area contributed by atoms with Crippen LogP contribution < -0.4 is 19.6 Å². The van der Waals surface area contributed by atoms with Crippen molar-refractivity contribution < 1.29 is 14.3 Å². The molecule has 0 N–H and O–H groups in total. The summed E-state index contributed by atoms with van der Waals surface area (Å²) in [6.07, 6.45) is 1.81. The number of hydrogen-bond donors (Lipinski definition) is 0. The number of esters is 1.